The minimum Gasteiger partial charge on any atom is -0.481 e. The largest absolute Gasteiger partial charge is 0.481 e. The summed E-state index contributed by atoms with van der Waals surface area (Å²) in [6.45, 7) is 0. The van der Waals surface area contributed by atoms with Gasteiger partial charge in [-0.1, -0.05) is 0 Å². The fourth-order valence-electron chi connectivity index (χ4n) is 0.600. The standard InChI is InChI=1S/C5H10N2O6S/c1-6-14(12,13)7-3(5(10)11)2-4(8)9/h3,6-7H,2H2,1H3,(H,8,9)(H,10,11)/t3-/m0/s1. The Kier molecular flexibility index (Phi) is 4.47. The van der Waals surface area contributed by atoms with Gasteiger partial charge in [0, 0.05) is 7.05 Å². The first-order valence-electron chi connectivity index (χ1n) is 3.44. The van der Waals surface area contributed by atoms with Gasteiger partial charge in [-0.05, 0) is 0 Å². The third kappa shape index (κ3) is 4.74. The maximum Gasteiger partial charge on any atom is 0.322 e. The molecular weight excluding hydrogens is 216 g/mol. The van der Waals surface area contributed by atoms with Crippen LogP contribution in [0.2, 0.25) is 0 Å². The molecule has 1 atom stereocenters. The Morgan fingerprint density at radius 3 is 2.14 bits per heavy atom. The van der Waals surface area contributed by atoms with Crippen molar-refractivity contribution in [3.05, 3.63) is 0 Å². The van der Waals surface area contributed by atoms with Crippen LogP contribution in [0.1, 0.15) is 6.42 Å². The Morgan fingerprint density at radius 1 is 1.36 bits per heavy atom. The molecule has 0 unspecified atom stereocenters. The molecule has 0 heterocycles. The van der Waals surface area contributed by atoms with Crippen molar-refractivity contribution in [2.45, 2.75) is 12.5 Å². The van der Waals surface area contributed by atoms with E-state index in [1.165, 1.54) is 0 Å². The third-order valence-corrected chi connectivity index (χ3v) is 2.38. The van der Waals surface area contributed by atoms with E-state index in [1.807, 2.05) is 0 Å². The summed E-state index contributed by atoms with van der Waals surface area (Å²) in [7, 11) is -2.88. The van der Waals surface area contributed by atoms with Gasteiger partial charge in [-0.15, -0.1) is 0 Å². The lowest BCUT2D eigenvalue weighted by molar-refractivity contribution is -0.145. The lowest BCUT2D eigenvalue weighted by Crippen LogP contribution is -2.46. The Bertz CT molecular complexity index is 323. The summed E-state index contributed by atoms with van der Waals surface area (Å²) in [5.41, 5.74) is 0. The zero-order valence-electron chi connectivity index (χ0n) is 7.22. The van der Waals surface area contributed by atoms with Gasteiger partial charge in [0.2, 0.25) is 0 Å². The number of aliphatic carboxylic acids is 2. The van der Waals surface area contributed by atoms with Crippen molar-refractivity contribution >= 4 is 22.1 Å². The molecular formula is C5H10N2O6S. The van der Waals surface area contributed by atoms with Crippen molar-refractivity contribution in [1.82, 2.24) is 9.44 Å². The topological polar surface area (TPSA) is 133 Å². The highest BCUT2D eigenvalue weighted by Gasteiger charge is 2.25. The number of carboxylic acid groups (broad SMARTS) is 2. The summed E-state index contributed by atoms with van der Waals surface area (Å²) >= 11 is 0. The van der Waals surface area contributed by atoms with Gasteiger partial charge in [0.15, 0.2) is 0 Å². The molecule has 0 aliphatic rings. The second-order valence-electron chi connectivity index (χ2n) is 2.31. The van der Waals surface area contributed by atoms with Crippen molar-refractivity contribution < 1.29 is 28.2 Å². The number of carboxylic acids is 2. The Balaban J connectivity index is 4.54. The summed E-state index contributed by atoms with van der Waals surface area (Å²) in [5, 5.41) is 16.7. The Morgan fingerprint density at radius 2 is 1.86 bits per heavy atom. The van der Waals surface area contributed by atoms with E-state index in [1.54, 1.807) is 9.44 Å². The summed E-state index contributed by atoms with van der Waals surface area (Å²) < 4.78 is 25.1. The van der Waals surface area contributed by atoms with Gasteiger partial charge in [-0.2, -0.15) is 13.1 Å². The molecule has 0 spiro atoms. The van der Waals surface area contributed by atoms with Crippen LogP contribution in [0.3, 0.4) is 0 Å². The van der Waals surface area contributed by atoms with Crippen molar-refractivity contribution in [2.24, 2.45) is 0 Å². The Hall–Kier alpha value is -1.19. The maximum absolute atomic E-state index is 10.8. The first kappa shape index (κ1) is 12.8. The zero-order chi connectivity index (χ0) is 11.4. The van der Waals surface area contributed by atoms with Gasteiger partial charge in [0.1, 0.15) is 6.04 Å². The molecule has 0 aliphatic heterocycles. The van der Waals surface area contributed by atoms with Crippen molar-refractivity contribution in [3.63, 3.8) is 0 Å². The molecule has 0 aromatic rings. The van der Waals surface area contributed by atoms with Gasteiger partial charge in [-0.25, -0.2) is 4.72 Å². The summed E-state index contributed by atoms with van der Waals surface area (Å²) in [5.74, 6) is -2.96. The average molecular weight is 226 g/mol. The van der Waals surface area contributed by atoms with E-state index in [-0.39, 0.29) is 0 Å². The molecule has 0 bridgehead atoms. The van der Waals surface area contributed by atoms with Gasteiger partial charge in [0.25, 0.3) is 10.2 Å². The maximum atomic E-state index is 10.8. The van der Waals surface area contributed by atoms with Crippen molar-refractivity contribution in [1.29, 1.82) is 0 Å². The van der Waals surface area contributed by atoms with E-state index in [2.05, 4.69) is 0 Å². The summed E-state index contributed by atoms with van der Waals surface area (Å²) in [6, 6.07) is -1.68. The lowest BCUT2D eigenvalue weighted by atomic mass is 10.2. The molecule has 0 fully saturated rings. The summed E-state index contributed by atoms with van der Waals surface area (Å²) in [4.78, 5) is 20.6. The van der Waals surface area contributed by atoms with Crippen LogP contribution >= 0.6 is 0 Å². The number of nitrogens with one attached hydrogen (secondary N) is 2. The first-order valence-corrected chi connectivity index (χ1v) is 4.92. The van der Waals surface area contributed by atoms with E-state index in [9.17, 15) is 18.0 Å². The van der Waals surface area contributed by atoms with E-state index in [0.29, 0.717) is 0 Å². The predicted molar refractivity (Wildman–Crippen MR) is 44.8 cm³/mol. The molecule has 0 saturated heterocycles. The van der Waals surface area contributed by atoms with Crippen LogP contribution in [0.5, 0.6) is 0 Å². The fourth-order valence-corrected chi connectivity index (χ4v) is 1.28. The molecule has 0 radical (unpaired) electrons. The highest BCUT2D eigenvalue weighted by Crippen LogP contribution is 1.94. The number of hydrogen-bond acceptors (Lipinski definition) is 4. The van der Waals surface area contributed by atoms with Crippen LogP contribution < -0.4 is 9.44 Å². The van der Waals surface area contributed by atoms with E-state index < -0.39 is 34.6 Å². The minimum atomic E-state index is -3.95. The van der Waals surface area contributed by atoms with Crippen LogP contribution in [-0.2, 0) is 19.8 Å². The molecule has 0 aromatic carbocycles. The van der Waals surface area contributed by atoms with E-state index >= 15 is 0 Å². The quantitative estimate of drug-likeness (QED) is 0.412. The van der Waals surface area contributed by atoms with E-state index in [4.69, 9.17) is 10.2 Å². The minimum absolute atomic E-state index is 0.823. The van der Waals surface area contributed by atoms with Crippen molar-refractivity contribution in [3.8, 4) is 0 Å². The van der Waals surface area contributed by atoms with Gasteiger partial charge in [0.05, 0.1) is 6.42 Å². The van der Waals surface area contributed by atoms with Crippen LogP contribution in [0.4, 0.5) is 0 Å². The molecule has 0 rings (SSSR count). The molecule has 4 N–H and O–H groups in total. The Labute approximate surface area is 80.1 Å². The van der Waals surface area contributed by atoms with Gasteiger partial charge < -0.3 is 10.2 Å². The second kappa shape index (κ2) is 4.88. The molecule has 0 aromatic heterocycles. The number of carbonyl (C=O) groups is 2. The monoisotopic (exact) mass is 226 g/mol. The fraction of sp³-hybridized carbons (Fsp3) is 0.600. The van der Waals surface area contributed by atoms with Crippen molar-refractivity contribution in [2.75, 3.05) is 7.05 Å². The number of rotatable bonds is 6. The van der Waals surface area contributed by atoms with E-state index in [0.717, 1.165) is 7.05 Å². The molecule has 9 heteroatoms. The normalized spacial score (nSPS) is 13.5. The zero-order valence-corrected chi connectivity index (χ0v) is 8.04. The third-order valence-electron chi connectivity index (χ3n) is 1.24. The summed E-state index contributed by atoms with van der Waals surface area (Å²) in [6.07, 6.45) is -0.823. The molecule has 82 valence electrons. The molecule has 8 nitrogen and oxygen atoms in total. The second-order valence-corrected chi connectivity index (χ2v) is 3.96. The van der Waals surface area contributed by atoms with Gasteiger partial charge in [-0.3, -0.25) is 9.59 Å². The predicted octanol–water partition coefficient (Wildman–Crippen LogP) is -2.03. The molecule has 0 saturated carbocycles. The van der Waals surface area contributed by atoms with Crippen LogP contribution in [0.15, 0.2) is 0 Å². The highest BCUT2D eigenvalue weighted by atomic mass is 32.2. The smallest absolute Gasteiger partial charge is 0.322 e. The lowest BCUT2D eigenvalue weighted by Gasteiger charge is -2.11. The molecule has 14 heavy (non-hydrogen) atoms. The SMILES string of the molecule is CNS(=O)(=O)N[C@@H](CC(=O)O)C(=O)O. The van der Waals surface area contributed by atoms with Crippen LogP contribution in [0.25, 0.3) is 0 Å². The average Bonchev–Trinajstić information content (AvgIpc) is 2.02. The first-order chi connectivity index (χ1) is 6.28. The van der Waals surface area contributed by atoms with Gasteiger partial charge >= 0.3 is 11.9 Å². The number of hydrogen-bond donors (Lipinski definition) is 4. The van der Waals surface area contributed by atoms with Crippen LogP contribution in [-0.4, -0.2) is 43.7 Å². The molecule has 0 amide bonds. The molecule has 0 aliphatic carbocycles. The highest BCUT2D eigenvalue weighted by molar-refractivity contribution is 7.87. The van der Waals surface area contributed by atoms with Crippen LogP contribution in [0, 0.1) is 0 Å².